The van der Waals surface area contributed by atoms with Crippen molar-refractivity contribution < 1.29 is 19.7 Å². The molecule has 4 nitrogen and oxygen atoms in total. The summed E-state index contributed by atoms with van der Waals surface area (Å²) in [5.74, 6) is -0.305. The number of phenolic OH excluding ortho intramolecular Hbond substituents is 1. The Morgan fingerprint density at radius 1 is 0.857 bits per heavy atom. The maximum absolute atomic E-state index is 10.7. The predicted molar refractivity (Wildman–Crippen MR) is 110 cm³/mol. The average Bonchev–Trinajstić information content (AvgIpc) is 2.71. The Kier molecular flexibility index (Phi) is 6.12. The van der Waals surface area contributed by atoms with Crippen molar-refractivity contribution in [2.45, 2.75) is 13.3 Å². The summed E-state index contributed by atoms with van der Waals surface area (Å²) in [4.78, 5) is 10.7. The standard InChI is InChI=1S/C24H22O4/c1-2-22(17-7-4-3-5-8-17)24(19-9-6-10-20(25)15-19)18-11-13-21(14-12-18)28-16-23(26)27/h3-15,25H,2,16H2,1H3,(H,26,27)/b24-22+. The summed E-state index contributed by atoms with van der Waals surface area (Å²) in [7, 11) is 0. The van der Waals surface area contributed by atoms with Crippen LogP contribution in [0.2, 0.25) is 0 Å². The van der Waals surface area contributed by atoms with Gasteiger partial charge in [0.25, 0.3) is 0 Å². The molecule has 0 amide bonds. The zero-order valence-corrected chi connectivity index (χ0v) is 15.6. The third kappa shape index (κ3) is 4.60. The Hall–Kier alpha value is -3.53. The first-order valence-corrected chi connectivity index (χ1v) is 9.11. The molecule has 0 unspecified atom stereocenters. The van der Waals surface area contributed by atoms with E-state index in [1.54, 1.807) is 24.3 Å². The summed E-state index contributed by atoms with van der Waals surface area (Å²) < 4.78 is 5.24. The van der Waals surface area contributed by atoms with Crippen LogP contribution in [0.3, 0.4) is 0 Å². The third-order valence-electron chi connectivity index (χ3n) is 4.42. The first-order chi connectivity index (χ1) is 13.6. The molecule has 0 saturated heterocycles. The number of carbonyl (C=O) groups is 1. The molecule has 0 spiro atoms. The smallest absolute Gasteiger partial charge is 0.341 e. The number of aromatic hydroxyl groups is 1. The van der Waals surface area contributed by atoms with Crippen molar-refractivity contribution in [2.24, 2.45) is 0 Å². The van der Waals surface area contributed by atoms with E-state index in [0.717, 1.165) is 34.3 Å². The maximum atomic E-state index is 10.7. The molecule has 0 aromatic heterocycles. The van der Waals surface area contributed by atoms with Crippen molar-refractivity contribution in [1.82, 2.24) is 0 Å². The minimum Gasteiger partial charge on any atom is -0.508 e. The number of carboxylic acids is 1. The van der Waals surface area contributed by atoms with Gasteiger partial charge in [0.15, 0.2) is 6.61 Å². The lowest BCUT2D eigenvalue weighted by Crippen LogP contribution is -2.09. The molecule has 0 atom stereocenters. The molecule has 0 aliphatic carbocycles. The summed E-state index contributed by atoms with van der Waals surface area (Å²) in [6, 6.07) is 24.7. The number of rotatable bonds is 7. The molecule has 2 N–H and O–H groups in total. The fourth-order valence-electron chi connectivity index (χ4n) is 3.20. The second-order valence-corrected chi connectivity index (χ2v) is 6.33. The van der Waals surface area contributed by atoms with Crippen molar-refractivity contribution in [2.75, 3.05) is 6.61 Å². The Bertz CT molecular complexity index is 973. The van der Waals surface area contributed by atoms with Gasteiger partial charge in [-0.3, -0.25) is 0 Å². The van der Waals surface area contributed by atoms with E-state index < -0.39 is 5.97 Å². The molecule has 0 aliphatic rings. The van der Waals surface area contributed by atoms with Crippen molar-refractivity contribution in [3.05, 3.63) is 95.6 Å². The number of allylic oxidation sites excluding steroid dienone is 1. The van der Waals surface area contributed by atoms with E-state index in [9.17, 15) is 9.90 Å². The highest BCUT2D eigenvalue weighted by atomic mass is 16.5. The fraction of sp³-hybridized carbons (Fsp3) is 0.125. The predicted octanol–water partition coefficient (Wildman–Crippen LogP) is 5.22. The molecule has 0 radical (unpaired) electrons. The van der Waals surface area contributed by atoms with Crippen LogP contribution in [0, 0.1) is 0 Å². The summed E-state index contributed by atoms with van der Waals surface area (Å²) in [6.45, 7) is 1.73. The summed E-state index contributed by atoms with van der Waals surface area (Å²) in [5.41, 5.74) is 5.18. The number of hydrogen-bond donors (Lipinski definition) is 2. The fourth-order valence-corrected chi connectivity index (χ4v) is 3.20. The Labute approximate surface area is 164 Å². The average molecular weight is 374 g/mol. The SMILES string of the molecule is CC/C(=C(/c1ccc(OCC(=O)O)cc1)c1cccc(O)c1)c1ccccc1. The second kappa shape index (κ2) is 8.91. The van der Waals surface area contributed by atoms with Crippen LogP contribution in [0.5, 0.6) is 11.5 Å². The molecular weight excluding hydrogens is 352 g/mol. The van der Waals surface area contributed by atoms with Crippen LogP contribution in [0.15, 0.2) is 78.9 Å². The van der Waals surface area contributed by atoms with Crippen LogP contribution < -0.4 is 4.74 Å². The van der Waals surface area contributed by atoms with Crippen LogP contribution in [0.25, 0.3) is 11.1 Å². The Balaban J connectivity index is 2.11. The Morgan fingerprint density at radius 3 is 2.14 bits per heavy atom. The van der Waals surface area contributed by atoms with Gasteiger partial charge in [0.1, 0.15) is 11.5 Å². The van der Waals surface area contributed by atoms with Gasteiger partial charge < -0.3 is 14.9 Å². The van der Waals surface area contributed by atoms with Crippen LogP contribution in [0.1, 0.15) is 30.0 Å². The van der Waals surface area contributed by atoms with Gasteiger partial charge in [-0.2, -0.15) is 0 Å². The van der Waals surface area contributed by atoms with Gasteiger partial charge in [-0.05, 0) is 58.5 Å². The van der Waals surface area contributed by atoms with E-state index in [1.165, 1.54) is 0 Å². The minimum absolute atomic E-state index is 0.208. The molecule has 0 fully saturated rings. The van der Waals surface area contributed by atoms with E-state index in [1.807, 2.05) is 42.5 Å². The molecule has 28 heavy (non-hydrogen) atoms. The normalized spacial score (nSPS) is 11.6. The molecule has 0 saturated carbocycles. The monoisotopic (exact) mass is 374 g/mol. The van der Waals surface area contributed by atoms with Gasteiger partial charge in [0.05, 0.1) is 0 Å². The van der Waals surface area contributed by atoms with Crippen molar-refractivity contribution in [1.29, 1.82) is 0 Å². The zero-order chi connectivity index (χ0) is 19.9. The molecule has 4 heteroatoms. The van der Waals surface area contributed by atoms with Gasteiger partial charge in [0, 0.05) is 0 Å². The zero-order valence-electron chi connectivity index (χ0n) is 15.6. The summed E-state index contributed by atoms with van der Waals surface area (Å²) >= 11 is 0. The molecule has 3 aromatic carbocycles. The molecule has 0 bridgehead atoms. The first kappa shape index (κ1) is 19.2. The van der Waals surface area contributed by atoms with Gasteiger partial charge >= 0.3 is 5.97 Å². The van der Waals surface area contributed by atoms with Crippen molar-refractivity contribution >= 4 is 17.1 Å². The topological polar surface area (TPSA) is 66.8 Å². The molecular formula is C24H22O4. The van der Waals surface area contributed by atoms with Crippen LogP contribution in [-0.4, -0.2) is 22.8 Å². The van der Waals surface area contributed by atoms with Crippen molar-refractivity contribution in [3.8, 4) is 11.5 Å². The van der Waals surface area contributed by atoms with E-state index in [-0.39, 0.29) is 12.4 Å². The Morgan fingerprint density at radius 2 is 1.54 bits per heavy atom. The van der Waals surface area contributed by atoms with Gasteiger partial charge in [-0.1, -0.05) is 61.5 Å². The van der Waals surface area contributed by atoms with E-state index in [2.05, 4.69) is 19.1 Å². The minimum atomic E-state index is -1.01. The largest absolute Gasteiger partial charge is 0.508 e. The van der Waals surface area contributed by atoms with Crippen molar-refractivity contribution in [3.63, 3.8) is 0 Å². The molecule has 3 aromatic rings. The van der Waals surface area contributed by atoms with Gasteiger partial charge in [0.2, 0.25) is 0 Å². The lowest BCUT2D eigenvalue weighted by Gasteiger charge is -2.17. The highest BCUT2D eigenvalue weighted by molar-refractivity contribution is 5.98. The first-order valence-electron chi connectivity index (χ1n) is 9.11. The highest BCUT2D eigenvalue weighted by Crippen LogP contribution is 2.35. The number of aliphatic carboxylic acids is 1. The molecule has 0 heterocycles. The molecule has 0 aliphatic heterocycles. The van der Waals surface area contributed by atoms with E-state index >= 15 is 0 Å². The maximum Gasteiger partial charge on any atom is 0.341 e. The van der Waals surface area contributed by atoms with Crippen LogP contribution >= 0.6 is 0 Å². The summed E-state index contributed by atoms with van der Waals surface area (Å²) in [5, 5.41) is 18.8. The number of hydrogen-bond acceptors (Lipinski definition) is 3. The number of benzene rings is 3. The molecule has 142 valence electrons. The summed E-state index contributed by atoms with van der Waals surface area (Å²) in [6.07, 6.45) is 0.812. The number of carboxylic acid groups (broad SMARTS) is 1. The number of ether oxygens (including phenoxy) is 1. The van der Waals surface area contributed by atoms with E-state index in [0.29, 0.717) is 5.75 Å². The lowest BCUT2D eigenvalue weighted by molar-refractivity contribution is -0.139. The van der Waals surface area contributed by atoms with Gasteiger partial charge in [-0.25, -0.2) is 4.79 Å². The quantitative estimate of drug-likeness (QED) is 0.556. The van der Waals surface area contributed by atoms with E-state index in [4.69, 9.17) is 9.84 Å². The van der Waals surface area contributed by atoms with Crippen LogP contribution in [-0.2, 0) is 4.79 Å². The lowest BCUT2D eigenvalue weighted by atomic mass is 9.88. The second-order valence-electron chi connectivity index (χ2n) is 6.33. The number of phenols is 1. The van der Waals surface area contributed by atoms with Crippen LogP contribution in [0.4, 0.5) is 0 Å². The molecule has 3 rings (SSSR count). The highest BCUT2D eigenvalue weighted by Gasteiger charge is 2.14. The third-order valence-corrected chi connectivity index (χ3v) is 4.42. The van der Waals surface area contributed by atoms with Gasteiger partial charge in [-0.15, -0.1) is 0 Å².